The summed E-state index contributed by atoms with van der Waals surface area (Å²) in [5, 5.41) is 7.64. The second-order valence-electron chi connectivity index (χ2n) is 8.13. The Morgan fingerprint density at radius 2 is 1.94 bits per heavy atom. The van der Waals surface area contributed by atoms with Gasteiger partial charge in [-0.25, -0.2) is 14.5 Å². The number of esters is 1. The molecule has 9 nitrogen and oxygen atoms in total. The van der Waals surface area contributed by atoms with E-state index >= 15 is 0 Å². The number of carbonyl (C=O) groups is 2. The maximum Gasteiger partial charge on any atom is 0.339 e. The van der Waals surface area contributed by atoms with Crippen LogP contribution < -0.4 is 10.1 Å². The van der Waals surface area contributed by atoms with Gasteiger partial charge >= 0.3 is 5.97 Å². The fraction of sp³-hybridized carbons (Fsp3) is 0.280. The van der Waals surface area contributed by atoms with E-state index in [-0.39, 0.29) is 11.6 Å². The van der Waals surface area contributed by atoms with E-state index in [1.165, 1.54) is 7.11 Å². The second-order valence-corrected chi connectivity index (χ2v) is 8.13. The number of fused-ring (bicyclic) bond motifs is 1. The number of anilines is 1. The number of pyridine rings is 1. The van der Waals surface area contributed by atoms with Gasteiger partial charge in [-0.15, -0.1) is 0 Å². The van der Waals surface area contributed by atoms with Crippen molar-refractivity contribution in [1.82, 2.24) is 14.8 Å². The number of furan rings is 1. The molecule has 3 aromatic heterocycles. The Morgan fingerprint density at radius 3 is 2.62 bits per heavy atom. The number of methoxy groups -OCH3 is 1. The molecule has 0 unspecified atom stereocenters. The molecule has 0 spiro atoms. The van der Waals surface area contributed by atoms with Crippen molar-refractivity contribution in [1.29, 1.82) is 0 Å². The summed E-state index contributed by atoms with van der Waals surface area (Å²) in [5.41, 5.74) is 2.66. The summed E-state index contributed by atoms with van der Waals surface area (Å²) in [4.78, 5) is 30.3. The number of nitrogens with zero attached hydrogens (tertiary/aromatic N) is 3. The van der Waals surface area contributed by atoms with Gasteiger partial charge in [0, 0.05) is 11.6 Å². The molecule has 0 saturated carbocycles. The van der Waals surface area contributed by atoms with Gasteiger partial charge in [-0.2, -0.15) is 5.10 Å². The summed E-state index contributed by atoms with van der Waals surface area (Å²) in [6.07, 6.45) is 1.59. The molecule has 0 aliphatic carbocycles. The van der Waals surface area contributed by atoms with Gasteiger partial charge in [0.15, 0.2) is 12.3 Å². The summed E-state index contributed by atoms with van der Waals surface area (Å²) in [6.45, 7) is 7.19. The van der Waals surface area contributed by atoms with Crippen LogP contribution >= 0.6 is 0 Å². The summed E-state index contributed by atoms with van der Waals surface area (Å²) in [7, 11) is 1.51. The minimum Gasteiger partial charge on any atom is -0.495 e. The molecule has 0 radical (unpaired) electrons. The molecule has 1 N–H and O–H groups in total. The monoisotopic (exact) mass is 462 g/mol. The first kappa shape index (κ1) is 23.0. The lowest BCUT2D eigenvalue weighted by Gasteiger charge is -2.11. The predicted octanol–water partition coefficient (Wildman–Crippen LogP) is 4.69. The molecule has 0 atom stereocenters. The van der Waals surface area contributed by atoms with Gasteiger partial charge in [-0.1, -0.05) is 12.1 Å². The third-order valence-electron chi connectivity index (χ3n) is 5.31. The Bertz CT molecular complexity index is 1370. The molecule has 4 rings (SSSR count). The number of aromatic nitrogens is 3. The molecule has 34 heavy (non-hydrogen) atoms. The Labute approximate surface area is 196 Å². The Balaban J connectivity index is 1.63. The maximum absolute atomic E-state index is 13.1. The van der Waals surface area contributed by atoms with Crippen molar-refractivity contribution < 1.29 is 23.5 Å². The number of aryl methyl sites for hydroxylation is 2. The van der Waals surface area contributed by atoms with Gasteiger partial charge in [-0.05, 0) is 52.0 Å². The van der Waals surface area contributed by atoms with Crippen LogP contribution in [0.2, 0.25) is 0 Å². The van der Waals surface area contributed by atoms with Crippen molar-refractivity contribution in [2.45, 2.75) is 33.7 Å². The standard InChI is InChI=1S/C25H26N4O5/c1-14(2)29-24-19(12-26-29)18(11-21(28-24)17-10-15(3)34-16(17)4)25(31)33-13-23(30)27-20-8-6-7-9-22(20)32-5/h6-12,14H,13H2,1-5H3,(H,27,30). The van der Waals surface area contributed by atoms with Crippen LogP contribution in [0.5, 0.6) is 5.75 Å². The highest BCUT2D eigenvalue weighted by atomic mass is 16.5. The molecule has 3 heterocycles. The lowest BCUT2D eigenvalue weighted by molar-refractivity contribution is -0.119. The predicted molar refractivity (Wildman–Crippen MR) is 127 cm³/mol. The van der Waals surface area contributed by atoms with Gasteiger partial charge in [0.1, 0.15) is 17.3 Å². The van der Waals surface area contributed by atoms with Crippen LogP contribution in [0.4, 0.5) is 5.69 Å². The average molecular weight is 463 g/mol. The summed E-state index contributed by atoms with van der Waals surface area (Å²) >= 11 is 0. The van der Waals surface area contributed by atoms with Crippen LogP contribution in [-0.4, -0.2) is 40.4 Å². The van der Waals surface area contributed by atoms with Crippen molar-refractivity contribution >= 4 is 28.6 Å². The van der Waals surface area contributed by atoms with Crippen LogP contribution in [0.15, 0.2) is 47.0 Å². The quantitative estimate of drug-likeness (QED) is 0.397. The topological polar surface area (TPSA) is 108 Å². The number of benzene rings is 1. The van der Waals surface area contributed by atoms with Crippen LogP contribution in [0, 0.1) is 13.8 Å². The van der Waals surface area contributed by atoms with Gasteiger partial charge in [0.25, 0.3) is 5.91 Å². The van der Waals surface area contributed by atoms with Gasteiger partial charge in [0.2, 0.25) is 0 Å². The lowest BCUT2D eigenvalue weighted by atomic mass is 10.1. The van der Waals surface area contributed by atoms with Crippen LogP contribution in [0.25, 0.3) is 22.3 Å². The molecule has 4 aromatic rings. The normalized spacial score (nSPS) is 11.1. The number of ether oxygens (including phenoxy) is 2. The molecule has 0 aliphatic heterocycles. The van der Waals surface area contributed by atoms with E-state index in [2.05, 4.69) is 10.4 Å². The molecule has 0 fully saturated rings. The Hall–Kier alpha value is -4.14. The van der Waals surface area contributed by atoms with Gasteiger partial charge < -0.3 is 19.2 Å². The molecule has 0 aliphatic rings. The molecular formula is C25H26N4O5. The Morgan fingerprint density at radius 1 is 1.18 bits per heavy atom. The highest BCUT2D eigenvalue weighted by molar-refractivity contribution is 6.05. The van der Waals surface area contributed by atoms with Crippen LogP contribution in [0.3, 0.4) is 0 Å². The summed E-state index contributed by atoms with van der Waals surface area (Å²) in [5.74, 6) is 0.807. The number of nitrogens with one attached hydrogen (secondary N) is 1. The summed E-state index contributed by atoms with van der Waals surface area (Å²) < 4.78 is 18.0. The third-order valence-corrected chi connectivity index (χ3v) is 5.31. The first-order valence-electron chi connectivity index (χ1n) is 10.8. The number of carbonyl (C=O) groups excluding carboxylic acids is 2. The first-order valence-corrected chi connectivity index (χ1v) is 10.8. The third kappa shape index (κ3) is 4.50. The highest BCUT2D eigenvalue weighted by Crippen LogP contribution is 2.30. The van der Waals surface area contributed by atoms with E-state index < -0.39 is 18.5 Å². The van der Waals surface area contributed by atoms with Crippen molar-refractivity contribution in [2.24, 2.45) is 0 Å². The van der Waals surface area contributed by atoms with E-state index in [1.807, 2.05) is 33.8 Å². The van der Waals surface area contributed by atoms with E-state index in [4.69, 9.17) is 18.9 Å². The second kappa shape index (κ2) is 9.38. The number of amides is 1. The SMILES string of the molecule is COc1ccccc1NC(=O)COC(=O)c1cc(-c2cc(C)oc2C)nc2c1cnn2C(C)C. The zero-order valence-corrected chi connectivity index (χ0v) is 19.7. The number of rotatable bonds is 7. The Kier molecular flexibility index (Phi) is 6.36. The van der Waals surface area contributed by atoms with E-state index in [0.717, 1.165) is 11.3 Å². The molecule has 1 amide bonds. The minimum absolute atomic E-state index is 0.0305. The van der Waals surface area contributed by atoms with E-state index in [1.54, 1.807) is 41.2 Å². The van der Waals surface area contributed by atoms with Crippen molar-refractivity contribution in [3.05, 3.63) is 59.7 Å². The smallest absolute Gasteiger partial charge is 0.339 e. The number of hydrogen-bond donors (Lipinski definition) is 1. The van der Waals surface area contributed by atoms with Crippen LogP contribution in [-0.2, 0) is 9.53 Å². The van der Waals surface area contributed by atoms with E-state index in [0.29, 0.717) is 33.9 Å². The highest BCUT2D eigenvalue weighted by Gasteiger charge is 2.22. The molecule has 176 valence electrons. The zero-order valence-electron chi connectivity index (χ0n) is 19.7. The fourth-order valence-corrected chi connectivity index (χ4v) is 3.73. The lowest BCUT2D eigenvalue weighted by Crippen LogP contribution is -2.21. The van der Waals surface area contributed by atoms with Crippen molar-refractivity contribution in [2.75, 3.05) is 19.0 Å². The first-order chi connectivity index (χ1) is 16.3. The number of para-hydroxylation sites is 2. The van der Waals surface area contributed by atoms with Crippen molar-refractivity contribution in [3.8, 4) is 17.0 Å². The minimum atomic E-state index is -0.648. The molecule has 0 bridgehead atoms. The van der Waals surface area contributed by atoms with Gasteiger partial charge in [0.05, 0.1) is 35.6 Å². The molecular weight excluding hydrogens is 436 g/mol. The fourth-order valence-electron chi connectivity index (χ4n) is 3.73. The summed E-state index contributed by atoms with van der Waals surface area (Å²) in [6, 6.07) is 10.5. The van der Waals surface area contributed by atoms with E-state index in [9.17, 15) is 9.59 Å². The zero-order chi connectivity index (χ0) is 24.4. The van der Waals surface area contributed by atoms with Gasteiger partial charge in [-0.3, -0.25) is 4.79 Å². The molecule has 0 saturated heterocycles. The molecule has 9 heteroatoms. The largest absolute Gasteiger partial charge is 0.495 e. The molecule has 1 aromatic carbocycles. The maximum atomic E-state index is 13.1. The van der Waals surface area contributed by atoms with Crippen LogP contribution in [0.1, 0.15) is 41.8 Å². The average Bonchev–Trinajstić information content (AvgIpc) is 3.39. The van der Waals surface area contributed by atoms with Crippen molar-refractivity contribution in [3.63, 3.8) is 0 Å². The number of hydrogen-bond acceptors (Lipinski definition) is 7.